The normalized spacial score (nSPS) is 26.2. The molecule has 0 radical (unpaired) electrons. The number of Topliss-reactive ketones (excluding diaryl/α,β-unsaturated/α-hetero) is 1. The molecule has 0 bridgehead atoms. The van der Waals surface area contributed by atoms with Crippen molar-refractivity contribution in [2.24, 2.45) is 0 Å². The molecular weight excluding hydrogens is 176 g/mol. The maximum atomic E-state index is 11.1. The molecule has 2 unspecified atom stereocenters. The van der Waals surface area contributed by atoms with Crippen LogP contribution in [0, 0.1) is 0 Å². The number of aliphatic hydroxyl groups excluding tert-OH is 2. The smallest absolute Gasteiger partial charge is 0.145 e. The molecule has 4 heteroatoms. The Hall–Kier alpha value is -0.0600. The number of rotatable bonds is 4. The summed E-state index contributed by atoms with van der Waals surface area (Å²) in [5.74, 6) is 0.762. The van der Waals surface area contributed by atoms with Gasteiger partial charge in [-0.1, -0.05) is 0 Å². The van der Waals surface area contributed by atoms with Gasteiger partial charge in [0.15, 0.2) is 0 Å². The van der Waals surface area contributed by atoms with E-state index in [1.165, 1.54) is 11.8 Å². The van der Waals surface area contributed by atoms with Gasteiger partial charge in [0.1, 0.15) is 5.78 Å². The molecule has 0 saturated heterocycles. The minimum absolute atomic E-state index is 0.0752. The molecule has 1 aliphatic carbocycles. The Kier molecular flexibility index (Phi) is 4.05. The monoisotopic (exact) mass is 190 g/mol. The minimum Gasteiger partial charge on any atom is -0.394 e. The standard InChI is InChI=1S/C8H14O3S/c9-4-6(10)5-12-8-3-1-2-7(8)11/h6,8-10H,1-5H2. The second-order valence-electron chi connectivity index (χ2n) is 3.02. The quantitative estimate of drug-likeness (QED) is 0.664. The van der Waals surface area contributed by atoms with Crippen molar-refractivity contribution in [2.45, 2.75) is 30.6 Å². The highest BCUT2D eigenvalue weighted by atomic mass is 32.2. The van der Waals surface area contributed by atoms with Crippen LogP contribution in [0.3, 0.4) is 0 Å². The number of carbonyl (C=O) groups excluding carboxylic acids is 1. The van der Waals surface area contributed by atoms with E-state index in [1.54, 1.807) is 0 Å². The highest BCUT2D eigenvalue weighted by molar-refractivity contribution is 8.00. The molecule has 0 amide bonds. The molecule has 70 valence electrons. The van der Waals surface area contributed by atoms with Crippen LogP contribution in [0.5, 0.6) is 0 Å². The second kappa shape index (κ2) is 4.84. The fourth-order valence-electron chi connectivity index (χ4n) is 1.24. The first-order chi connectivity index (χ1) is 5.74. The summed E-state index contributed by atoms with van der Waals surface area (Å²) in [5.41, 5.74) is 0. The topological polar surface area (TPSA) is 57.5 Å². The lowest BCUT2D eigenvalue weighted by Gasteiger charge is -2.10. The summed E-state index contributed by atoms with van der Waals surface area (Å²) in [7, 11) is 0. The van der Waals surface area contributed by atoms with E-state index >= 15 is 0 Å². The maximum Gasteiger partial charge on any atom is 0.145 e. The van der Waals surface area contributed by atoms with Crippen molar-refractivity contribution in [1.29, 1.82) is 0 Å². The Morgan fingerprint density at radius 3 is 2.92 bits per heavy atom. The van der Waals surface area contributed by atoms with Gasteiger partial charge in [0, 0.05) is 12.2 Å². The Morgan fingerprint density at radius 1 is 1.67 bits per heavy atom. The van der Waals surface area contributed by atoms with E-state index < -0.39 is 6.10 Å². The number of thioether (sulfide) groups is 1. The molecule has 2 N–H and O–H groups in total. The number of ketones is 1. The van der Waals surface area contributed by atoms with Gasteiger partial charge in [-0.25, -0.2) is 0 Å². The first-order valence-corrected chi connectivity index (χ1v) is 5.22. The third kappa shape index (κ3) is 2.77. The molecule has 0 aromatic carbocycles. The summed E-state index contributed by atoms with van der Waals surface area (Å²) >= 11 is 1.47. The summed E-state index contributed by atoms with van der Waals surface area (Å²) in [6, 6.07) is 0. The van der Waals surface area contributed by atoms with Crippen molar-refractivity contribution >= 4 is 17.5 Å². The fourth-order valence-corrected chi connectivity index (χ4v) is 2.44. The summed E-state index contributed by atoms with van der Waals surface area (Å²) < 4.78 is 0. The van der Waals surface area contributed by atoms with Crippen molar-refractivity contribution in [3.05, 3.63) is 0 Å². The lowest BCUT2D eigenvalue weighted by Crippen LogP contribution is -2.18. The van der Waals surface area contributed by atoms with Crippen LogP contribution in [-0.2, 0) is 4.79 Å². The van der Waals surface area contributed by atoms with E-state index in [2.05, 4.69) is 0 Å². The zero-order valence-electron chi connectivity index (χ0n) is 6.90. The maximum absolute atomic E-state index is 11.1. The lowest BCUT2D eigenvalue weighted by atomic mass is 10.3. The van der Waals surface area contributed by atoms with E-state index in [9.17, 15) is 4.79 Å². The zero-order valence-corrected chi connectivity index (χ0v) is 7.72. The van der Waals surface area contributed by atoms with Crippen molar-refractivity contribution in [2.75, 3.05) is 12.4 Å². The molecule has 12 heavy (non-hydrogen) atoms. The molecule has 1 aliphatic rings. The molecule has 3 nitrogen and oxygen atoms in total. The van der Waals surface area contributed by atoms with Crippen molar-refractivity contribution in [3.8, 4) is 0 Å². The molecular formula is C8H14O3S. The number of carbonyl (C=O) groups is 1. The first-order valence-electron chi connectivity index (χ1n) is 4.17. The molecule has 0 aromatic rings. The lowest BCUT2D eigenvalue weighted by molar-refractivity contribution is -0.116. The van der Waals surface area contributed by atoms with Crippen LogP contribution in [0.15, 0.2) is 0 Å². The van der Waals surface area contributed by atoms with E-state index in [1.807, 2.05) is 0 Å². The first kappa shape index (κ1) is 10.0. The second-order valence-corrected chi connectivity index (χ2v) is 4.25. The average molecular weight is 190 g/mol. The van der Waals surface area contributed by atoms with Gasteiger partial charge < -0.3 is 10.2 Å². The van der Waals surface area contributed by atoms with Gasteiger partial charge in [-0.2, -0.15) is 0 Å². The van der Waals surface area contributed by atoms with E-state index in [4.69, 9.17) is 10.2 Å². The Morgan fingerprint density at radius 2 is 2.42 bits per heavy atom. The summed E-state index contributed by atoms with van der Waals surface area (Å²) in [4.78, 5) is 11.1. The van der Waals surface area contributed by atoms with Crippen LogP contribution >= 0.6 is 11.8 Å². The van der Waals surface area contributed by atoms with Gasteiger partial charge in [-0.3, -0.25) is 4.79 Å². The van der Waals surface area contributed by atoms with Gasteiger partial charge in [0.2, 0.25) is 0 Å². The summed E-state index contributed by atoms with van der Waals surface area (Å²) in [6.45, 7) is -0.214. The predicted octanol–water partition coefficient (Wildman–Crippen LogP) is 0.194. The Bertz CT molecular complexity index is 160. The van der Waals surface area contributed by atoms with Crippen LogP contribution in [0.1, 0.15) is 19.3 Å². The molecule has 0 aliphatic heterocycles. The SMILES string of the molecule is O=C1CCCC1SCC(O)CO. The number of hydrogen-bond acceptors (Lipinski definition) is 4. The highest BCUT2D eigenvalue weighted by Crippen LogP contribution is 2.26. The van der Waals surface area contributed by atoms with E-state index in [0.29, 0.717) is 18.0 Å². The number of hydrogen-bond donors (Lipinski definition) is 2. The zero-order chi connectivity index (χ0) is 8.97. The molecule has 0 heterocycles. The van der Waals surface area contributed by atoms with Crippen LogP contribution in [0.25, 0.3) is 0 Å². The van der Waals surface area contributed by atoms with E-state index in [-0.39, 0.29) is 11.9 Å². The molecule has 1 saturated carbocycles. The largest absolute Gasteiger partial charge is 0.394 e. The highest BCUT2D eigenvalue weighted by Gasteiger charge is 2.24. The van der Waals surface area contributed by atoms with Crippen molar-refractivity contribution in [3.63, 3.8) is 0 Å². The minimum atomic E-state index is -0.677. The molecule has 0 aromatic heterocycles. The molecule has 1 fully saturated rings. The van der Waals surface area contributed by atoms with Crippen molar-refractivity contribution in [1.82, 2.24) is 0 Å². The van der Waals surface area contributed by atoms with Gasteiger partial charge in [-0.05, 0) is 12.8 Å². The Labute approximate surface area is 76.2 Å². The van der Waals surface area contributed by atoms with Crippen LogP contribution in [0.4, 0.5) is 0 Å². The van der Waals surface area contributed by atoms with Gasteiger partial charge in [0.25, 0.3) is 0 Å². The van der Waals surface area contributed by atoms with Crippen molar-refractivity contribution < 1.29 is 15.0 Å². The summed E-state index contributed by atoms with van der Waals surface area (Å²) in [5, 5.41) is 17.6. The van der Waals surface area contributed by atoms with E-state index in [0.717, 1.165) is 12.8 Å². The Balaban J connectivity index is 2.18. The van der Waals surface area contributed by atoms with Gasteiger partial charge in [-0.15, -0.1) is 11.8 Å². The predicted molar refractivity (Wildman–Crippen MR) is 48.2 cm³/mol. The third-order valence-electron chi connectivity index (χ3n) is 1.95. The van der Waals surface area contributed by atoms with Crippen LogP contribution in [0.2, 0.25) is 0 Å². The molecule has 0 spiro atoms. The fraction of sp³-hybridized carbons (Fsp3) is 0.875. The summed E-state index contributed by atoms with van der Waals surface area (Å²) in [6.07, 6.45) is 1.92. The van der Waals surface area contributed by atoms with Gasteiger partial charge in [0.05, 0.1) is 18.0 Å². The molecule has 2 atom stereocenters. The van der Waals surface area contributed by atoms with Gasteiger partial charge >= 0.3 is 0 Å². The molecule has 1 rings (SSSR count). The number of aliphatic hydroxyl groups is 2. The van der Waals surface area contributed by atoms with Crippen LogP contribution in [-0.4, -0.2) is 39.7 Å². The van der Waals surface area contributed by atoms with Crippen LogP contribution < -0.4 is 0 Å². The average Bonchev–Trinajstić information content (AvgIpc) is 2.47. The third-order valence-corrected chi connectivity index (χ3v) is 3.43.